The fraction of sp³-hybridized carbons (Fsp3) is 0.962. The van der Waals surface area contributed by atoms with Crippen LogP contribution in [0.4, 0.5) is 0 Å². The first-order chi connectivity index (χ1) is 13.8. The Labute approximate surface area is 178 Å². The SMILES string of the molecule is [CH2]C(CCOCCCCCCCCCC)OCCCCCCCCCCCC. The van der Waals surface area contributed by atoms with Crippen molar-refractivity contribution in [1.29, 1.82) is 0 Å². The largest absolute Gasteiger partial charge is 0.381 e. The van der Waals surface area contributed by atoms with Crippen molar-refractivity contribution in [2.45, 2.75) is 142 Å². The van der Waals surface area contributed by atoms with Gasteiger partial charge in [0.15, 0.2) is 0 Å². The molecule has 0 amide bonds. The van der Waals surface area contributed by atoms with Crippen molar-refractivity contribution in [3.8, 4) is 0 Å². The highest BCUT2D eigenvalue weighted by molar-refractivity contribution is 4.59. The average molecular weight is 398 g/mol. The molecule has 0 saturated heterocycles. The highest BCUT2D eigenvalue weighted by Crippen LogP contribution is 2.11. The molecule has 0 bridgehead atoms. The van der Waals surface area contributed by atoms with Gasteiger partial charge in [0.1, 0.15) is 0 Å². The molecule has 0 aliphatic heterocycles. The van der Waals surface area contributed by atoms with Gasteiger partial charge >= 0.3 is 0 Å². The van der Waals surface area contributed by atoms with Crippen LogP contribution >= 0.6 is 0 Å². The molecular formula is C26H53O2. The van der Waals surface area contributed by atoms with Crippen LogP contribution in [0.1, 0.15) is 136 Å². The van der Waals surface area contributed by atoms with Gasteiger partial charge in [-0.15, -0.1) is 0 Å². The summed E-state index contributed by atoms with van der Waals surface area (Å²) in [5, 5.41) is 0. The Kier molecular flexibility index (Phi) is 24.9. The molecule has 2 heteroatoms. The van der Waals surface area contributed by atoms with E-state index in [4.69, 9.17) is 9.47 Å². The van der Waals surface area contributed by atoms with E-state index in [-0.39, 0.29) is 6.10 Å². The molecule has 28 heavy (non-hydrogen) atoms. The van der Waals surface area contributed by atoms with Gasteiger partial charge in [0.25, 0.3) is 0 Å². The van der Waals surface area contributed by atoms with Crippen LogP contribution in [0.25, 0.3) is 0 Å². The summed E-state index contributed by atoms with van der Waals surface area (Å²) in [6.07, 6.45) is 25.6. The molecule has 0 saturated carbocycles. The van der Waals surface area contributed by atoms with E-state index in [2.05, 4.69) is 20.8 Å². The second-order valence-electron chi connectivity index (χ2n) is 8.55. The van der Waals surface area contributed by atoms with Crippen LogP contribution in [-0.2, 0) is 9.47 Å². The second-order valence-corrected chi connectivity index (χ2v) is 8.55. The van der Waals surface area contributed by atoms with Gasteiger partial charge in [-0.2, -0.15) is 0 Å². The number of ether oxygens (including phenoxy) is 2. The molecule has 1 unspecified atom stereocenters. The number of hydrogen-bond acceptors (Lipinski definition) is 2. The minimum Gasteiger partial charge on any atom is -0.381 e. The summed E-state index contributed by atoms with van der Waals surface area (Å²) >= 11 is 0. The van der Waals surface area contributed by atoms with Gasteiger partial charge < -0.3 is 9.47 Å². The molecule has 0 spiro atoms. The molecule has 0 aromatic heterocycles. The maximum absolute atomic E-state index is 5.81. The van der Waals surface area contributed by atoms with Crippen LogP contribution in [0.15, 0.2) is 0 Å². The predicted molar refractivity (Wildman–Crippen MR) is 125 cm³/mol. The van der Waals surface area contributed by atoms with E-state index in [1.54, 1.807) is 0 Å². The van der Waals surface area contributed by atoms with Gasteiger partial charge in [-0.1, -0.05) is 117 Å². The van der Waals surface area contributed by atoms with Crippen LogP contribution in [0, 0.1) is 6.92 Å². The topological polar surface area (TPSA) is 18.5 Å². The summed E-state index contributed by atoms with van der Waals surface area (Å²) in [5.41, 5.74) is 0. The summed E-state index contributed by atoms with van der Waals surface area (Å²) in [4.78, 5) is 0. The lowest BCUT2D eigenvalue weighted by Crippen LogP contribution is -2.13. The third-order valence-electron chi connectivity index (χ3n) is 5.58. The summed E-state index contributed by atoms with van der Waals surface area (Å²) in [6.45, 7) is 11.2. The standard InChI is InChI=1S/C26H53O2/c1-4-6-8-10-12-14-15-17-19-21-24-28-26(3)22-25-27-23-20-18-16-13-11-9-7-5-2/h26H,3-25H2,1-2H3. The van der Waals surface area contributed by atoms with E-state index in [9.17, 15) is 0 Å². The lowest BCUT2D eigenvalue weighted by molar-refractivity contribution is 0.0424. The molecule has 0 heterocycles. The summed E-state index contributed by atoms with van der Waals surface area (Å²) in [7, 11) is 0. The third-order valence-corrected chi connectivity index (χ3v) is 5.58. The zero-order valence-electron chi connectivity index (χ0n) is 19.7. The predicted octanol–water partition coefficient (Wildman–Crippen LogP) is 8.67. The highest BCUT2D eigenvalue weighted by atomic mass is 16.5. The first kappa shape index (κ1) is 27.9. The van der Waals surface area contributed by atoms with Gasteiger partial charge in [-0.3, -0.25) is 0 Å². The Morgan fingerprint density at radius 3 is 1.36 bits per heavy atom. The van der Waals surface area contributed by atoms with Gasteiger partial charge in [-0.25, -0.2) is 0 Å². The van der Waals surface area contributed by atoms with Crippen molar-refractivity contribution in [2.75, 3.05) is 19.8 Å². The molecular weight excluding hydrogens is 344 g/mol. The zero-order valence-corrected chi connectivity index (χ0v) is 19.7. The fourth-order valence-corrected chi connectivity index (χ4v) is 3.58. The van der Waals surface area contributed by atoms with Crippen molar-refractivity contribution in [3.05, 3.63) is 6.92 Å². The normalized spacial score (nSPS) is 12.5. The van der Waals surface area contributed by atoms with E-state index in [1.807, 2.05) is 0 Å². The minimum absolute atomic E-state index is 0.0946. The Morgan fingerprint density at radius 2 is 0.893 bits per heavy atom. The fourth-order valence-electron chi connectivity index (χ4n) is 3.58. The number of unbranched alkanes of at least 4 members (excludes halogenated alkanes) is 16. The first-order valence-corrected chi connectivity index (χ1v) is 12.8. The van der Waals surface area contributed by atoms with Crippen molar-refractivity contribution >= 4 is 0 Å². The number of rotatable bonds is 24. The quantitative estimate of drug-likeness (QED) is 0.152. The molecule has 1 atom stereocenters. The van der Waals surface area contributed by atoms with Crippen LogP contribution < -0.4 is 0 Å². The second kappa shape index (κ2) is 25.0. The van der Waals surface area contributed by atoms with Crippen molar-refractivity contribution < 1.29 is 9.47 Å². The van der Waals surface area contributed by atoms with Crippen LogP contribution in [-0.4, -0.2) is 25.9 Å². The Morgan fingerprint density at radius 1 is 0.500 bits per heavy atom. The van der Waals surface area contributed by atoms with Crippen molar-refractivity contribution in [1.82, 2.24) is 0 Å². The Bertz CT molecular complexity index is 241. The summed E-state index contributed by atoms with van der Waals surface area (Å²) in [5.74, 6) is 0. The molecule has 2 nitrogen and oxygen atoms in total. The highest BCUT2D eigenvalue weighted by Gasteiger charge is 2.02. The summed E-state index contributed by atoms with van der Waals surface area (Å²) in [6, 6.07) is 0. The lowest BCUT2D eigenvalue weighted by atomic mass is 10.1. The molecule has 0 aromatic rings. The van der Waals surface area contributed by atoms with Crippen LogP contribution in [0.3, 0.4) is 0 Å². The van der Waals surface area contributed by atoms with Crippen molar-refractivity contribution in [2.24, 2.45) is 0 Å². The summed E-state index contributed by atoms with van der Waals surface area (Å²) < 4.78 is 11.6. The van der Waals surface area contributed by atoms with E-state index >= 15 is 0 Å². The van der Waals surface area contributed by atoms with Crippen molar-refractivity contribution in [3.63, 3.8) is 0 Å². The molecule has 1 radical (unpaired) electrons. The van der Waals surface area contributed by atoms with E-state index in [0.29, 0.717) is 0 Å². The van der Waals surface area contributed by atoms with E-state index in [1.165, 1.54) is 116 Å². The maximum Gasteiger partial charge on any atom is 0.0598 e. The number of hydrogen-bond donors (Lipinski definition) is 0. The monoisotopic (exact) mass is 397 g/mol. The third kappa shape index (κ3) is 24.0. The average Bonchev–Trinajstić information content (AvgIpc) is 2.70. The molecule has 169 valence electrons. The Balaban J connectivity index is 3.12. The van der Waals surface area contributed by atoms with E-state index in [0.717, 1.165) is 26.2 Å². The van der Waals surface area contributed by atoms with Gasteiger partial charge in [0.2, 0.25) is 0 Å². The minimum atomic E-state index is 0.0946. The molecule has 0 aliphatic rings. The van der Waals surface area contributed by atoms with Crippen LogP contribution in [0.2, 0.25) is 0 Å². The molecule has 0 aromatic carbocycles. The van der Waals surface area contributed by atoms with Gasteiger partial charge in [-0.05, 0) is 26.2 Å². The first-order valence-electron chi connectivity index (χ1n) is 12.8. The van der Waals surface area contributed by atoms with Crippen LogP contribution in [0.5, 0.6) is 0 Å². The maximum atomic E-state index is 5.81. The van der Waals surface area contributed by atoms with Gasteiger partial charge in [0.05, 0.1) is 6.10 Å². The van der Waals surface area contributed by atoms with Gasteiger partial charge in [0, 0.05) is 19.8 Å². The molecule has 0 N–H and O–H groups in total. The lowest BCUT2D eigenvalue weighted by Gasteiger charge is -2.13. The molecule has 0 rings (SSSR count). The van der Waals surface area contributed by atoms with E-state index < -0.39 is 0 Å². The Hall–Kier alpha value is -0.0800. The molecule has 0 aliphatic carbocycles. The zero-order chi connectivity index (χ0) is 20.5. The smallest absolute Gasteiger partial charge is 0.0598 e. The molecule has 0 fully saturated rings.